The smallest absolute Gasteiger partial charge is 0.241 e. The number of likely N-dealkylation sites (tertiary alicyclic amines) is 1. The van der Waals surface area contributed by atoms with E-state index in [1.165, 1.54) is 5.56 Å². The molecule has 1 aliphatic rings. The van der Waals surface area contributed by atoms with Gasteiger partial charge in [0.25, 0.3) is 0 Å². The van der Waals surface area contributed by atoms with Gasteiger partial charge in [0.1, 0.15) is 5.75 Å². The molecule has 4 rings (SSSR count). The third kappa shape index (κ3) is 5.34. The Morgan fingerprint density at radius 2 is 1.81 bits per heavy atom. The average Bonchev–Trinajstić information content (AvgIpc) is 3.28. The van der Waals surface area contributed by atoms with Crippen molar-refractivity contribution in [2.75, 3.05) is 27.2 Å². The van der Waals surface area contributed by atoms with E-state index < -0.39 is 0 Å². The van der Waals surface area contributed by atoms with E-state index in [9.17, 15) is 4.79 Å². The quantitative estimate of drug-likeness (QED) is 0.561. The Balaban J connectivity index is 1.26. The number of carbonyl (C=O) groups is 1. The van der Waals surface area contributed by atoms with Crippen molar-refractivity contribution in [3.8, 4) is 17.1 Å². The molecule has 0 spiro atoms. The highest BCUT2D eigenvalue weighted by atomic mass is 16.5. The third-order valence-electron chi connectivity index (χ3n) is 6.03. The lowest BCUT2D eigenvalue weighted by atomic mass is 9.95. The van der Waals surface area contributed by atoms with Gasteiger partial charge in [-0.3, -0.25) is 9.69 Å². The number of benzene rings is 2. The molecule has 1 aliphatic heterocycles. The minimum atomic E-state index is 0.0558. The summed E-state index contributed by atoms with van der Waals surface area (Å²) in [5.74, 6) is 2.31. The lowest BCUT2D eigenvalue weighted by molar-refractivity contribution is -0.136. The minimum absolute atomic E-state index is 0.0558. The van der Waals surface area contributed by atoms with Crippen LogP contribution in [0, 0.1) is 12.8 Å². The SMILES string of the molecule is COc1ccc(CN(C)C(=O)C2CCN(Cc3nc(-c4ccc(C)cc4)no3)CC2)cc1. The lowest BCUT2D eigenvalue weighted by Gasteiger charge is -2.32. The molecule has 3 aromatic rings. The van der Waals surface area contributed by atoms with Crippen LogP contribution >= 0.6 is 0 Å². The van der Waals surface area contributed by atoms with Gasteiger partial charge in [0.05, 0.1) is 13.7 Å². The number of aromatic nitrogens is 2. The summed E-state index contributed by atoms with van der Waals surface area (Å²) in [6, 6.07) is 15.9. The number of carbonyl (C=O) groups excluding carboxylic acids is 1. The van der Waals surface area contributed by atoms with Gasteiger partial charge in [-0.15, -0.1) is 0 Å². The summed E-state index contributed by atoms with van der Waals surface area (Å²) in [4.78, 5) is 21.6. The topological polar surface area (TPSA) is 71.7 Å². The number of methoxy groups -OCH3 is 1. The van der Waals surface area contributed by atoms with Crippen LogP contribution in [-0.2, 0) is 17.9 Å². The highest BCUT2D eigenvalue weighted by Gasteiger charge is 2.28. The molecule has 1 saturated heterocycles. The second kappa shape index (κ2) is 9.96. The predicted molar refractivity (Wildman–Crippen MR) is 122 cm³/mol. The molecule has 1 fully saturated rings. The number of hydrogen-bond donors (Lipinski definition) is 0. The number of hydrogen-bond acceptors (Lipinski definition) is 6. The monoisotopic (exact) mass is 434 g/mol. The van der Waals surface area contributed by atoms with Crippen molar-refractivity contribution < 1.29 is 14.1 Å². The largest absolute Gasteiger partial charge is 0.497 e. The zero-order chi connectivity index (χ0) is 22.5. The first-order chi connectivity index (χ1) is 15.5. The summed E-state index contributed by atoms with van der Waals surface area (Å²) < 4.78 is 10.7. The first-order valence-corrected chi connectivity index (χ1v) is 11.0. The molecule has 2 heterocycles. The van der Waals surface area contributed by atoms with Crippen LogP contribution in [0.3, 0.4) is 0 Å². The third-order valence-corrected chi connectivity index (χ3v) is 6.03. The second-order valence-electron chi connectivity index (χ2n) is 8.47. The van der Waals surface area contributed by atoms with Crippen molar-refractivity contribution >= 4 is 5.91 Å². The van der Waals surface area contributed by atoms with Gasteiger partial charge in [-0.25, -0.2) is 0 Å². The number of rotatable bonds is 7. The van der Waals surface area contributed by atoms with E-state index in [0.717, 1.165) is 42.8 Å². The van der Waals surface area contributed by atoms with Crippen molar-refractivity contribution in [3.63, 3.8) is 0 Å². The van der Waals surface area contributed by atoms with Gasteiger partial charge in [-0.2, -0.15) is 4.98 Å². The molecule has 2 aromatic carbocycles. The molecule has 0 bridgehead atoms. The van der Waals surface area contributed by atoms with E-state index >= 15 is 0 Å². The Morgan fingerprint density at radius 1 is 1.12 bits per heavy atom. The summed E-state index contributed by atoms with van der Waals surface area (Å²) >= 11 is 0. The molecule has 0 radical (unpaired) electrons. The van der Waals surface area contributed by atoms with Crippen LogP contribution in [0.5, 0.6) is 5.75 Å². The first-order valence-electron chi connectivity index (χ1n) is 11.0. The molecule has 7 nitrogen and oxygen atoms in total. The zero-order valence-corrected chi connectivity index (χ0v) is 19.0. The van der Waals surface area contributed by atoms with Crippen LogP contribution in [-0.4, -0.2) is 53.1 Å². The number of piperidine rings is 1. The van der Waals surface area contributed by atoms with E-state index in [2.05, 4.69) is 22.0 Å². The van der Waals surface area contributed by atoms with Crippen molar-refractivity contribution in [1.29, 1.82) is 0 Å². The lowest BCUT2D eigenvalue weighted by Crippen LogP contribution is -2.40. The second-order valence-corrected chi connectivity index (χ2v) is 8.47. The van der Waals surface area contributed by atoms with Crippen LogP contribution in [0.25, 0.3) is 11.4 Å². The fourth-order valence-electron chi connectivity index (χ4n) is 4.06. The Morgan fingerprint density at radius 3 is 2.47 bits per heavy atom. The van der Waals surface area contributed by atoms with Crippen LogP contribution in [0.15, 0.2) is 53.1 Å². The molecule has 0 unspecified atom stereocenters. The molecule has 32 heavy (non-hydrogen) atoms. The molecule has 1 aromatic heterocycles. The van der Waals surface area contributed by atoms with E-state index in [1.807, 2.05) is 60.5 Å². The Labute approximate surface area is 189 Å². The molecular weight excluding hydrogens is 404 g/mol. The summed E-state index contributed by atoms with van der Waals surface area (Å²) in [6.07, 6.45) is 1.68. The van der Waals surface area contributed by atoms with Crippen LogP contribution in [0.2, 0.25) is 0 Å². The van der Waals surface area contributed by atoms with Gasteiger partial charge in [-0.05, 0) is 50.6 Å². The molecule has 1 amide bonds. The number of ether oxygens (including phenoxy) is 1. The highest BCUT2D eigenvalue weighted by Crippen LogP contribution is 2.23. The van der Waals surface area contributed by atoms with E-state index in [4.69, 9.17) is 9.26 Å². The standard InChI is InChI=1S/C25H30N4O3/c1-18-4-8-20(9-5-18)24-26-23(32-27-24)17-29-14-12-21(13-15-29)25(30)28(2)16-19-6-10-22(31-3)11-7-19/h4-11,21H,12-17H2,1-3H3. The van der Waals surface area contributed by atoms with Gasteiger partial charge in [0, 0.05) is 25.1 Å². The summed E-state index contributed by atoms with van der Waals surface area (Å²) in [7, 11) is 3.53. The predicted octanol–water partition coefficient (Wildman–Crippen LogP) is 3.92. The molecular formula is C25H30N4O3. The highest BCUT2D eigenvalue weighted by molar-refractivity contribution is 5.78. The summed E-state index contributed by atoms with van der Waals surface area (Å²) in [5.41, 5.74) is 3.25. The van der Waals surface area contributed by atoms with Gasteiger partial charge in [-0.1, -0.05) is 47.1 Å². The van der Waals surface area contributed by atoms with Gasteiger partial charge in [0.15, 0.2) is 0 Å². The summed E-state index contributed by atoms with van der Waals surface area (Å²) in [6.45, 7) is 4.95. The van der Waals surface area contributed by atoms with Crippen molar-refractivity contribution in [1.82, 2.24) is 19.9 Å². The van der Waals surface area contributed by atoms with E-state index in [-0.39, 0.29) is 11.8 Å². The fourth-order valence-corrected chi connectivity index (χ4v) is 4.06. The minimum Gasteiger partial charge on any atom is -0.497 e. The van der Waals surface area contributed by atoms with Gasteiger partial charge < -0.3 is 14.2 Å². The normalized spacial score (nSPS) is 15.0. The van der Waals surface area contributed by atoms with Crippen molar-refractivity contribution in [2.24, 2.45) is 5.92 Å². The number of amides is 1. The van der Waals surface area contributed by atoms with Crippen molar-refractivity contribution in [3.05, 3.63) is 65.5 Å². The van der Waals surface area contributed by atoms with Gasteiger partial charge in [0.2, 0.25) is 17.6 Å². The maximum absolute atomic E-state index is 12.9. The Hall–Kier alpha value is -3.19. The molecule has 0 aliphatic carbocycles. The summed E-state index contributed by atoms with van der Waals surface area (Å²) in [5, 5.41) is 4.12. The maximum atomic E-state index is 12.9. The average molecular weight is 435 g/mol. The zero-order valence-electron chi connectivity index (χ0n) is 19.0. The van der Waals surface area contributed by atoms with Crippen molar-refractivity contribution in [2.45, 2.75) is 32.9 Å². The number of aryl methyl sites for hydroxylation is 1. The van der Waals surface area contributed by atoms with Crippen LogP contribution < -0.4 is 4.74 Å². The fraction of sp³-hybridized carbons (Fsp3) is 0.400. The molecule has 0 saturated carbocycles. The number of nitrogens with zero attached hydrogens (tertiary/aromatic N) is 4. The Bertz CT molecular complexity index is 1020. The maximum Gasteiger partial charge on any atom is 0.241 e. The molecule has 0 atom stereocenters. The molecule has 168 valence electrons. The Kier molecular flexibility index (Phi) is 6.85. The van der Waals surface area contributed by atoms with E-state index in [0.29, 0.717) is 24.8 Å². The first kappa shape index (κ1) is 22.0. The molecule has 0 N–H and O–H groups in total. The van der Waals surface area contributed by atoms with Gasteiger partial charge >= 0.3 is 0 Å². The van der Waals surface area contributed by atoms with Crippen LogP contribution in [0.1, 0.15) is 29.9 Å². The van der Waals surface area contributed by atoms with E-state index in [1.54, 1.807) is 7.11 Å². The van der Waals surface area contributed by atoms with Crippen LogP contribution in [0.4, 0.5) is 0 Å². The molecule has 7 heteroatoms.